The number of hydrogen-bond donors (Lipinski definition) is 1. The van der Waals surface area contributed by atoms with E-state index in [1.54, 1.807) is 23.9 Å². The summed E-state index contributed by atoms with van der Waals surface area (Å²) in [5.41, 5.74) is 4.13. The first kappa shape index (κ1) is 20.9. The van der Waals surface area contributed by atoms with E-state index in [2.05, 4.69) is 31.4 Å². The standard InChI is InChI=1S/C19H20BrCl2N5O/c1-10-15(20)9-27(24-10)13(4)19(28)23-18-11(2)25-26(12(18)3)8-14-5-6-16(21)17(22)7-14/h5-7,9,13H,8H2,1-4H3,(H,23,28). The number of nitrogens with one attached hydrogen (secondary N) is 1. The second-order valence-corrected chi connectivity index (χ2v) is 8.33. The highest BCUT2D eigenvalue weighted by atomic mass is 79.9. The number of nitrogens with zero attached hydrogens (tertiary/aromatic N) is 4. The fourth-order valence-electron chi connectivity index (χ4n) is 2.85. The molecular formula is C19H20BrCl2N5O. The van der Waals surface area contributed by atoms with Crippen LogP contribution in [-0.4, -0.2) is 25.5 Å². The Hall–Kier alpha value is -1.83. The number of halogens is 3. The molecule has 1 atom stereocenters. The molecule has 3 aromatic rings. The molecule has 0 radical (unpaired) electrons. The van der Waals surface area contributed by atoms with E-state index in [9.17, 15) is 4.79 Å². The highest BCUT2D eigenvalue weighted by Crippen LogP contribution is 2.26. The second kappa shape index (κ2) is 8.27. The van der Waals surface area contributed by atoms with Crippen LogP contribution in [0.3, 0.4) is 0 Å². The van der Waals surface area contributed by atoms with E-state index < -0.39 is 6.04 Å². The Bertz CT molecular complexity index is 1020. The zero-order chi connectivity index (χ0) is 20.6. The number of anilines is 1. The Kier molecular flexibility index (Phi) is 6.17. The fourth-order valence-corrected chi connectivity index (χ4v) is 3.46. The van der Waals surface area contributed by atoms with Crippen molar-refractivity contribution in [2.24, 2.45) is 0 Å². The molecule has 3 rings (SSSR count). The predicted octanol–water partition coefficient (Wildman–Crippen LogP) is 5.32. The van der Waals surface area contributed by atoms with Crippen LogP contribution in [0.5, 0.6) is 0 Å². The van der Waals surface area contributed by atoms with Crippen molar-refractivity contribution >= 4 is 50.7 Å². The number of amides is 1. The molecule has 0 aliphatic heterocycles. The number of aryl methyl sites for hydroxylation is 2. The lowest BCUT2D eigenvalue weighted by Crippen LogP contribution is -2.24. The first-order valence-electron chi connectivity index (χ1n) is 8.67. The maximum Gasteiger partial charge on any atom is 0.249 e. The third-order valence-corrected chi connectivity index (χ3v) is 6.10. The van der Waals surface area contributed by atoms with Crippen LogP contribution in [0.1, 0.15) is 35.6 Å². The highest BCUT2D eigenvalue weighted by molar-refractivity contribution is 9.10. The average molecular weight is 485 g/mol. The van der Waals surface area contributed by atoms with Gasteiger partial charge in [-0.1, -0.05) is 29.3 Å². The van der Waals surface area contributed by atoms with Crippen LogP contribution >= 0.6 is 39.1 Å². The predicted molar refractivity (Wildman–Crippen MR) is 115 cm³/mol. The van der Waals surface area contributed by atoms with Crippen LogP contribution in [0.4, 0.5) is 5.69 Å². The van der Waals surface area contributed by atoms with Crippen LogP contribution in [0.25, 0.3) is 0 Å². The van der Waals surface area contributed by atoms with Gasteiger partial charge in [0.05, 0.1) is 43.8 Å². The van der Waals surface area contributed by atoms with Crippen LogP contribution < -0.4 is 5.32 Å². The minimum atomic E-state index is -0.456. The molecule has 0 saturated heterocycles. The average Bonchev–Trinajstić information content (AvgIpc) is 3.11. The summed E-state index contributed by atoms with van der Waals surface area (Å²) in [5.74, 6) is -0.157. The van der Waals surface area contributed by atoms with Gasteiger partial charge in [-0.05, 0) is 61.3 Å². The Balaban J connectivity index is 1.79. The van der Waals surface area contributed by atoms with E-state index in [4.69, 9.17) is 23.2 Å². The van der Waals surface area contributed by atoms with Gasteiger partial charge in [-0.3, -0.25) is 14.2 Å². The van der Waals surface area contributed by atoms with Crippen molar-refractivity contribution in [1.82, 2.24) is 19.6 Å². The molecule has 0 saturated carbocycles. The molecular weight excluding hydrogens is 465 g/mol. The van der Waals surface area contributed by atoms with Crippen molar-refractivity contribution < 1.29 is 4.79 Å². The molecule has 1 amide bonds. The number of benzene rings is 1. The fraction of sp³-hybridized carbons (Fsp3) is 0.316. The summed E-state index contributed by atoms with van der Waals surface area (Å²) in [7, 11) is 0. The maximum atomic E-state index is 12.7. The van der Waals surface area contributed by atoms with Gasteiger partial charge in [0.25, 0.3) is 0 Å². The van der Waals surface area contributed by atoms with Crippen molar-refractivity contribution in [3.05, 3.63) is 61.6 Å². The second-order valence-electron chi connectivity index (χ2n) is 6.66. The highest BCUT2D eigenvalue weighted by Gasteiger charge is 2.21. The van der Waals surface area contributed by atoms with Crippen molar-refractivity contribution in [3.63, 3.8) is 0 Å². The summed E-state index contributed by atoms with van der Waals surface area (Å²) in [6, 6.07) is 5.03. The first-order chi connectivity index (χ1) is 13.2. The van der Waals surface area contributed by atoms with E-state index in [-0.39, 0.29) is 5.91 Å². The summed E-state index contributed by atoms with van der Waals surface area (Å²) in [5, 5.41) is 12.9. The molecule has 1 unspecified atom stereocenters. The van der Waals surface area contributed by atoms with Crippen molar-refractivity contribution in [2.45, 2.75) is 40.3 Å². The number of hydrogen-bond acceptors (Lipinski definition) is 3. The van der Waals surface area contributed by atoms with Gasteiger partial charge in [-0.25, -0.2) is 0 Å². The van der Waals surface area contributed by atoms with Crippen molar-refractivity contribution in [3.8, 4) is 0 Å². The summed E-state index contributed by atoms with van der Waals surface area (Å²) in [4.78, 5) is 12.7. The van der Waals surface area contributed by atoms with E-state index in [1.807, 2.05) is 37.6 Å². The molecule has 0 aliphatic carbocycles. The lowest BCUT2D eigenvalue weighted by atomic mass is 10.2. The molecule has 0 aliphatic rings. The lowest BCUT2D eigenvalue weighted by Gasteiger charge is -2.13. The zero-order valence-corrected chi connectivity index (χ0v) is 19.0. The Labute approximate surface area is 182 Å². The van der Waals surface area contributed by atoms with Crippen molar-refractivity contribution in [2.75, 3.05) is 5.32 Å². The minimum Gasteiger partial charge on any atom is -0.321 e. The van der Waals surface area contributed by atoms with E-state index in [0.717, 1.165) is 27.1 Å². The zero-order valence-electron chi connectivity index (χ0n) is 15.9. The van der Waals surface area contributed by atoms with Crippen molar-refractivity contribution in [1.29, 1.82) is 0 Å². The molecule has 28 heavy (non-hydrogen) atoms. The number of rotatable bonds is 5. The van der Waals surface area contributed by atoms with Gasteiger partial charge in [0.15, 0.2) is 0 Å². The smallest absolute Gasteiger partial charge is 0.249 e. The van der Waals surface area contributed by atoms with Crippen LogP contribution in [-0.2, 0) is 11.3 Å². The quantitative estimate of drug-likeness (QED) is 0.532. The first-order valence-corrected chi connectivity index (χ1v) is 10.2. The van der Waals surface area contributed by atoms with Gasteiger partial charge in [0.2, 0.25) is 5.91 Å². The van der Waals surface area contributed by atoms with E-state index >= 15 is 0 Å². The van der Waals surface area contributed by atoms with Crippen LogP contribution in [0.2, 0.25) is 10.0 Å². The van der Waals surface area contributed by atoms with Gasteiger partial charge in [0.1, 0.15) is 6.04 Å². The van der Waals surface area contributed by atoms with E-state index in [1.165, 1.54) is 0 Å². The molecule has 9 heteroatoms. The Morgan fingerprint density at radius 3 is 2.50 bits per heavy atom. The summed E-state index contributed by atoms with van der Waals surface area (Å²) < 4.78 is 4.34. The summed E-state index contributed by atoms with van der Waals surface area (Å²) >= 11 is 15.5. The monoisotopic (exact) mass is 483 g/mol. The molecule has 2 aromatic heterocycles. The molecule has 1 N–H and O–H groups in total. The largest absolute Gasteiger partial charge is 0.321 e. The molecule has 1 aromatic carbocycles. The third kappa shape index (κ3) is 4.26. The molecule has 0 fully saturated rings. The molecule has 6 nitrogen and oxygen atoms in total. The molecule has 0 bridgehead atoms. The SMILES string of the molecule is Cc1nn(C(C)C(=O)Nc2c(C)nn(Cc3ccc(Cl)c(Cl)c3)c2C)cc1Br. The van der Waals surface area contributed by atoms with Gasteiger partial charge in [-0.15, -0.1) is 0 Å². The summed E-state index contributed by atoms with van der Waals surface area (Å²) in [6.45, 7) is 8.01. The van der Waals surface area contributed by atoms with Gasteiger partial charge >= 0.3 is 0 Å². The molecule has 148 valence electrons. The van der Waals surface area contributed by atoms with E-state index in [0.29, 0.717) is 22.3 Å². The number of carbonyl (C=O) groups excluding carboxylic acids is 1. The maximum absolute atomic E-state index is 12.7. The normalized spacial score (nSPS) is 12.2. The number of carbonyl (C=O) groups is 1. The Morgan fingerprint density at radius 2 is 1.89 bits per heavy atom. The van der Waals surface area contributed by atoms with Crippen LogP contribution in [0, 0.1) is 20.8 Å². The van der Waals surface area contributed by atoms with Gasteiger partial charge in [0, 0.05) is 6.20 Å². The molecule has 2 heterocycles. The summed E-state index contributed by atoms with van der Waals surface area (Å²) in [6.07, 6.45) is 1.80. The third-order valence-electron chi connectivity index (χ3n) is 4.58. The lowest BCUT2D eigenvalue weighted by molar-refractivity contribution is -0.119. The number of aromatic nitrogens is 4. The van der Waals surface area contributed by atoms with Gasteiger partial charge in [-0.2, -0.15) is 10.2 Å². The Morgan fingerprint density at radius 1 is 1.18 bits per heavy atom. The minimum absolute atomic E-state index is 0.157. The molecule has 0 spiro atoms. The van der Waals surface area contributed by atoms with Crippen LogP contribution in [0.15, 0.2) is 28.9 Å². The topological polar surface area (TPSA) is 64.7 Å². The van der Waals surface area contributed by atoms with Gasteiger partial charge < -0.3 is 5.32 Å².